The zero-order valence-corrected chi connectivity index (χ0v) is 8.70. The van der Waals surface area contributed by atoms with Gasteiger partial charge in [-0.05, 0) is 6.07 Å². The van der Waals surface area contributed by atoms with Crippen molar-refractivity contribution in [3.05, 3.63) is 34.0 Å². The van der Waals surface area contributed by atoms with E-state index in [4.69, 9.17) is 23.2 Å². The highest BCUT2D eigenvalue weighted by atomic mass is 35.5. The molecule has 0 aliphatic heterocycles. The first-order valence-electron chi connectivity index (χ1n) is 3.48. The van der Waals surface area contributed by atoms with Gasteiger partial charge in [-0.1, -0.05) is 23.2 Å². The van der Waals surface area contributed by atoms with E-state index in [-0.39, 0.29) is 0 Å². The van der Waals surface area contributed by atoms with Crippen molar-refractivity contribution in [2.75, 3.05) is 0 Å². The van der Waals surface area contributed by atoms with Crippen LogP contribution in [0.1, 0.15) is 0 Å². The van der Waals surface area contributed by atoms with Gasteiger partial charge in [0.2, 0.25) is 0 Å². The topological polar surface area (TPSA) is 25.8 Å². The van der Waals surface area contributed by atoms with Gasteiger partial charge in [-0.25, -0.2) is 4.98 Å². The molecular weight excluding hydrogens is 227 g/mol. The van der Waals surface area contributed by atoms with Crippen molar-refractivity contribution >= 4 is 34.5 Å². The summed E-state index contributed by atoms with van der Waals surface area (Å²) in [4.78, 5) is 8.08. The minimum Gasteiger partial charge on any atom is -0.262 e. The average Bonchev–Trinajstić information content (AvgIpc) is 2.52. The SMILES string of the molecule is Clc1cncc(-c2ncc(Cl)s2)c1. The van der Waals surface area contributed by atoms with Gasteiger partial charge in [-0.15, -0.1) is 11.3 Å². The van der Waals surface area contributed by atoms with Gasteiger partial charge >= 0.3 is 0 Å². The van der Waals surface area contributed by atoms with Crippen LogP contribution in [0.15, 0.2) is 24.7 Å². The second-order valence-electron chi connectivity index (χ2n) is 2.36. The van der Waals surface area contributed by atoms with E-state index in [1.165, 1.54) is 11.3 Å². The molecule has 0 aliphatic carbocycles. The minimum atomic E-state index is 0.601. The molecule has 0 atom stereocenters. The maximum atomic E-state index is 5.78. The molecule has 0 aromatic carbocycles. The normalized spacial score (nSPS) is 10.3. The van der Waals surface area contributed by atoms with Gasteiger partial charge in [0.05, 0.1) is 11.2 Å². The summed E-state index contributed by atoms with van der Waals surface area (Å²) in [5.41, 5.74) is 0.893. The molecule has 2 aromatic heterocycles. The summed E-state index contributed by atoms with van der Waals surface area (Å²) >= 11 is 12.9. The molecule has 0 N–H and O–H groups in total. The number of hydrogen-bond donors (Lipinski definition) is 0. The monoisotopic (exact) mass is 230 g/mol. The third kappa shape index (κ3) is 1.99. The summed E-state index contributed by atoms with van der Waals surface area (Å²) in [7, 11) is 0. The number of rotatable bonds is 1. The second-order valence-corrected chi connectivity index (χ2v) is 4.46. The predicted octanol–water partition coefficient (Wildman–Crippen LogP) is 3.51. The molecule has 2 aromatic rings. The minimum absolute atomic E-state index is 0.601. The van der Waals surface area contributed by atoms with Crippen LogP contribution in [0.3, 0.4) is 0 Å². The third-order valence-electron chi connectivity index (χ3n) is 1.43. The standard InChI is InChI=1S/C8H4Cl2N2S/c9-6-1-5(2-11-3-6)8-12-4-7(10)13-8/h1-4H. The molecule has 5 heteroatoms. The van der Waals surface area contributed by atoms with E-state index >= 15 is 0 Å². The van der Waals surface area contributed by atoms with E-state index in [2.05, 4.69) is 9.97 Å². The Morgan fingerprint density at radius 2 is 2.00 bits per heavy atom. The molecule has 0 unspecified atom stereocenters. The summed E-state index contributed by atoms with van der Waals surface area (Å²) in [6.07, 6.45) is 4.91. The maximum absolute atomic E-state index is 5.78. The van der Waals surface area contributed by atoms with E-state index in [1.54, 1.807) is 18.6 Å². The highest BCUT2D eigenvalue weighted by molar-refractivity contribution is 7.18. The number of hydrogen-bond acceptors (Lipinski definition) is 3. The van der Waals surface area contributed by atoms with E-state index in [0.29, 0.717) is 9.36 Å². The fourth-order valence-electron chi connectivity index (χ4n) is 0.917. The van der Waals surface area contributed by atoms with Crippen molar-refractivity contribution in [1.82, 2.24) is 9.97 Å². The van der Waals surface area contributed by atoms with Gasteiger partial charge in [-0.3, -0.25) is 4.98 Å². The van der Waals surface area contributed by atoms with E-state index in [1.807, 2.05) is 6.07 Å². The zero-order chi connectivity index (χ0) is 9.26. The van der Waals surface area contributed by atoms with Gasteiger partial charge in [-0.2, -0.15) is 0 Å². The fourth-order valence-corrected chi connectivity index (χ4v) is 1.98. The molecule has 13 heavy (non-hydrogen) atoms. The van der Waals surface area contributed by atoms with Crippen molar-refractivity contribution in [3.8, 4) is 10.6 Å². The van der Waals surface area contributed by atoms with Crippen LogP contribution < -0.4 is 0 Å². The molecule has 2 rings (SSSR count). The molecule has 0 saturated heterocycles. The smallest absolute Gasteiger partial charge is 0.126 e. The first kappa shape index (κ1) is 8.94. The van der Waals surface area contributed by atoms with Crippen LogP contribution in [-0.2, 0) is 0 Å². The quantitative estimate of drug-likeness (QED) is 0.750. The Hall–Kier alpha value is -0.640. The summed E-state index contributed by atoms with van der Waals surface area (Å²) < 4.78 is 0.662. The van der Waals surface area contributed by atoms with Gasteiger partial charge < -0.3 is 0 Å². The van der Waals surface area contributed by atoms with Crippen molar-refractivity contribution < 1.29 is 0 Å². The molecule has 2 heterocycles. The van der Waals surface area contributed by atoms with Crippen LogP contribution in [0.4, 0.5) is 0 Å². The van der Waals surface area contributed by atoms with Crippen molar-refractivity contribution in [1.29, 1.82) is 0 Å². The Morgan fingerprint density at radius 3 is 2.62 bits per heavy atom. The van der Waals surface area contributed by atoms with Gasteiger partial charge in [0.15, 0.2) is 0 Å². The maximum Gasteiger partial charge on any atom is 0.126 e. The molecule has 0 amide bonds. The molecule has 0 bridgehead atoms. The number of halogens is 2. The molecule has 2 nitrogen and oxygen atoms in total. The van der Waals surface area contributed by atoms with Gasteiger partial charge in [0.25, 0.3) is 0 Å². The molecule has 0 saturated carbocycles. The van der Waals surface area contributed by atoms with Crippen molar-refractivity contribution in [2.24, 2.45) is 0 Å². The van der Waals surface area contributed by atoms with Crippen LogP contribution in [0.2, 0.25) is 9.36 Å². The third-order valence-corrected chi connectivity index (χ3v) is 2.80. The lowest BCUT2D eigenvalue weighted by Gasteiger charge is -1.94. The van der Waals surface area contributed by atoms with E-state index in [0.717, 1.165) is 10.6 Å². The Kier molecular flexibility index (Phi) is 2.49. The first-order chi connectivity index (χ1) is 6.25. The first-order valence-corrected chi connectivity index (χ1v) is 5.05. The highest BCUT2D eigenvalue weighted by Gasteiger charge is 2.03. The Balaban J connectivity index is 2.46. The Labute approximate surface area is 89.2 Å². The average molecular weight is 231 g/mol. The molecule has 0 spiro atoms. The molecule has 0 fully saturated rings. The van der Waals surface area contributed by atoms with Crippen molar-refractivity contribution in [2.45, 2.75) is 0 Å². The van der Waals surface area contributed by atoms with Crippen molar-refractivity contribution in [3.63, 3.8) is 0 Å². The number of pyridine rings is 1. The lowest BCUT2D eigenvalue weighted by molar-refractivity contribution is 1.31. The van der Waals surface area contributed by atoms with Crippen LogP contribution in [-0.4, -0.2) is 9.97 Å². The van der Waals surface area contributed by atoms with Crippen LogP contribution >= 0.6 is 34.5 Å². The van der Waals surface area contributed by atoms with Crippen LogP contribution in [0, 0.1) is 0 Å². The summed E-state index contributed by atoms with van der Waals surface area (Å²) in [5, 5.41) is 1.43. The lowest BCUT2D eigenvalue weighted by atomic mass is 10.3. The summed E-state index contributed by atoms with van der Waals surface area (Å²) in [6, 6.07) is 1.81. The molecule has 66 valence electrons. The van der Waals surface area contributed by atoms with Gasteiger partial charge in [0.1, 0.15) is 9.34 Å². The fraction of sp³-hybridized carbons (Fsp3) is 0. The number of aromatic nitrogens is 2. The van der Waals surface area contributed by atoms with E-state index in [9.17, 15) is 0 Å². The Bertz CT molecular complexity index is 428. The van der Waals surface area contributed by atoms with Crippen LogP contribution in [0.25, 0.3) is 10.6 Å². The zero-order valence-electron chi connectivity index (χ0n) is 6.37. The predicted molar refractivity (Wildman–Crippen MR) is 55.4 cm³/mol. The lowest BCUT2D eigenvalue weighted by Crippen LogP contribution is -1.77. The Morgan fingerprint density at radius 1 is 1.15 bits per heavy atom. The van der Waals surface area contributed by atoms with E-state index < -0.39 is 0 Å². The second kappa shape index (κ2) is 3.62. The largest absolute Gasteiger partial charge is 0.262 e. The van der Waals surface area contributed by atoms with Gasteiger partial charge in [0, 0.05) is 18.0 Å². The molecule has 0 radical (unpaired) electrons. The summed E-state index contributed by atoms with van der Waals surface area (Å²) in [5.74, 6) is 0. The molecule has 0 aliphatic rings. The number of thiazole rings is 1. The molecular formula is C8H4Cl2N2S. The highest BCUT2D eigenvalue weighted by Crippen LogP contribution is 2.28. The van der Waals surface area contributed by atoms with Crippen LogP contribution in [0.5, 0.6) is 0 Å². The number of nitrogens with zero attached hydrogens (tertiary/aromatic N) is 2. The summed E-state index contributed by atoms with van der Waals surface area (Å²) in [6.45, 7) is 0.